The van der Waals surface area contributed by atoms with Crippen molar-refractivity contribution in [3.63, 3.8) is 0 Å². The van der Waals surface area contributed by atoms with E-state index in [4.69, 9.17) is 9.47 Å². The zero-order valence-corrected chi connectivity index (χ0v) is 20.8. The van der Waals surface area contributed by atoms with Crippen LogP contribution in [-0.2, 0) is 9.47 Å². The minimum Gasteiger partial charge on any atom is -0.462 e. The first-order chi connectivity index (χ1) is 16.7. The van der Waals surface area contributed by atoms with Crippen LogP contribution in [0.15, 0.2) is 24.3 Å². The van der Waals surface area contributed by atoms with E-state index >= 15 is 0 Å². The Hall–Kier alpha value is -3.82. The summed E-state index contributed by atoms with van der Waals surface area (Å²) in [6.07, 6.45) is 1.40. The van der Waals surface area contributed by atoms with E-state index < -0.39 is 23.8 Å². The van der Waals surface area contributed by atoms with E-state index in [1.54, 1.807) is 27.7 Å². The van der Waals surface area contributed by atoms with Crippen LogP contribution in [0.3, 0.4) is 0 Å². The summed E-state index contributed by atoms with van der Waals surface area (Å²) < 4.78 is 9.96. The van der Waals surface area contributed by atoms with E-state index in [1.165, 1.54) is 24.3 Å². The number of aromatic nitrogens is 2. The Labute approximate surface area is 204 Å². The van der Waals surface area contributed by atoms with Gasteiger partial charge in [-0.2, -0.15) is 0 Å². The van der Waals surface area contributed by atoms with Crippen LogP contribution in [0.1, 0.15) is 86.7 Å². The summed E-state index contributed by atoms with van der Waals surface area (Å²) in [6, 6.07) is 5.60. The highest BCUT2D eigenvalue weighted by atomic mass is 16.5. The van der Waals surface area contributed by atoms with E-state index in [0.717, 1.165) is 6.42 Å². The summed E-state index contributed by atoms with van der Waals surface area (Å²) in [7, 11) is 0. The van der Waals surface area contributed by atoms with Crippen LogP contribution in [0.5, 0.6) is 0 Å². The first kappa shape index (κ1) is 27.4. The van der Waals surface area contributed by atoms with E-state index in [-0.39, 0.29) is 37.2 Å². The second kappa shape index (κ2) is 13.2. The molecule has 0 saturated heterocycles. The molecule has 2 rings (SSSR count). The van der Waals surface area contributed by atoms with Gasteiger partial charge < -0.3 is 20.1 Å². The third kappa shape index (κ3) is 7.59. The smallest absolute Gasteiger partial charge is 0.339 e. The number of hydrogen-bond donors (Lipinski definition) is 2. The molecule has 2 heterocycles. The maximum Gasteiger partial charge on any atom is 0.339 e. The zero-order chi connectivity index (χ0) is 26.0. The van der Waals surface area contributed by atoms with Crippen molar-refractivity contribution in [3.8, 4) is 0 Å². The van der Waals surface area contributed by atoms with Gasteiger partial charge in [-0.3, -0.25) is 9.59 Å². The standard InChI is InChI=1S/C25H32N4O6/c1-6-9-17(29-23(31)21-13-11-19(16(5)28-21)25(33)35-8-3)14-26-22(30)20-12-10-18(15(4)27-20)24(32)34-7-2/h10-13,17H,6-9,14H2,1-5H3,(H,26,30)(H,29,31). The summed E-state index contributed by atoms with van der Waals surface area (Å²) >= 11 is 0. The third-order valence-corrected chi connectivity index (χ3v) is 5.11. The average molecular weight is 485 g/mol. The summed E-state index contributed by atoms with van der Waals surface area (Å²) in [5.74, 6) is -1.82. The van der Waals surface area contributed by atoms with Gasteiger partial charge in [0.1, 0.15) is 11.4 Å². The number of pyridine rings is 2. The Morgan fingerprint density at radius 2 is 1.29 bits per heavy atom. The Bertz CT molecular complexity index is 1090. The lowest BCUT2D eigenvalue weighted by atomic mass is 10.1. The molecule has 0 fully saturated rings. The number of rotatable bonds is 11. The van der Waals surface area contributed by atoms with Gasteiger partial charge in [-0.25, -0.2) is 19.6 Å². The second-order valence-corrected chi connectivity index (χ2v) is 7.77. The molecule has 35 heavy (non-hydrogen) atoms. The molecule has 0 spiro atoms. The first-order valence-corrected chi connectivity index (χ1v) is 11.6. The van der Waals surface area contributed by atoms with Gasteiger partial charge >= 0.3 is 11.9 Å². The van der Waals surface area contributed by atoms with Crippen LogP contribution in [0.25, 0.3) is 0 Å². The molecule has 0 radical (unpaired) electrons. The van der Waals surface area contributed by atoms with Crippen molar-refractivity contribution in [3.05, 3.63) is 58.2 Å². The molecule has 0 aliphatic carbocycles. The molecule has 10 nitrogen and oxygen atoms in total. The Morgan fingerprint density at radius 3 is 1.71 bits per heavy atom. The Kier molecular flexibility index (Phi) is 10.3. The fourth-order valence-corrected chi connectivity index (χ4v) is 3.36. The van der Waals surface area contributed by atoms with Gasteiger partial charge in [-0.15, -0.1) is 0 Å². The van der Waals surface area contributed by atoms with Crippen LogP contribution in [-0.4, -0.2) is 59.5 Å². The van der Waals surface area contributed by atoms with Gasteiger partial charge in [-0.05, 0) is 58.4 Å². The highest BCUT2D eigenvalue weighted by molar-refractivity contribution is 5.96. The molecule has 0 aliphatic rings. The van der Waals surface area contributed by atoms with Crippen LogP contribution in [0, 0.1) is 13.8 Å². The first-order valence-electron chi connectivity index (χ1n) is 11.6. The van der Waals surface area contributed by atoms with Gasteiger partial charge in [0.05, 0.1) is 35.7 Å². The fourth-order valence-electron chi connectivity index (χ4n) is 3.36. The molecular formula is C25H32N4O6. The lowest BCUT2D eigenvalue weighted by molar-refractivity contribution is 0.0515. The van der Waals surface area contributed by atoms with Crippen molar-refractivity contribution in [2.45, 2.75) is 53.5 Å². The fraction of sp³-hybridized carbons (Fsp3) is 0.440. The molecule has 2 aromatic rings. The third-order valence-electron chi connectivity index (χ3n) is 5.11. The topological polar surface area (TPSA) is 137 Å². The van der Waals surface area contributed by atoms with Crippen molar-refractivity contribution < 1.29 is 28.7 Å². The monoisotopic (exact) mass is 484 g/mol. The second-order valence-electron chi connectivity index (χ2n) is 7.77. The number of carbonyl (C=O) groups is 4. The molecular weight excluding hydrogens is 452 g/mol. The van der Waals surface area contributed by atoms with Crippen molar-refractivity contribution >= 4 is 23.8 Å². The molecule has 0 saturated carbocycles. The molecule has 0 bridgehead atoms. The predicted molar refractivity (Wildman–Crippen MR) is 128 cm³/mol. The highest BCUT2D eigenvalue weighted by Crippen LogP contribution is 2.11. The number of esters is 2. The van der Waals surface area contributed by atoms with E-state index in [2.05, 4.69) is 20.6 Å². The largest absolute Gasteiger partial charge is 0.462 e. The van der Waals surface area contributed by atoms with Crippen molar-refractivity contribution in [1.29, 1.82) is 0 Å². The summed E-state index contributed by atoms with van der Waals surface area (Å²) in [5, 5.41) is 5.65. The van der Waals surface area contributed by atoms with Crippen LogP contribution >= 0.6 is 0 Å². The highest BCUT2D eigenvalue weighted by Gasteiger charge is 2.19. The maximum atomic E-state index is 12.7. The van der Waals surface area contributed by atoms with Crippen molar-refractivity contribution in [2.75, 3.05) is 19.8 Å². The van der Waals surface area contributed by atoms with Gasteiger partial charge in [0.25, 0.3) is 11.8 Å². The number of ether oxygens (including phenoxy) is 2. The summed E-state index contributed by atoms with van der Waals surface area (Å²) in [4.78, 5) is 57.7. The number of nitrogens with zero attached hydrogens (tertiary/aromatic N) is 2. The molecule has 10 heteroatoms. The molecule has 188 valence electrons. The molecule has 2 amide bonds. The van der Waals surface area contributed by atoms with E-state index in [9.17, 15) is 19.2 Å². The van der Waals surface area contributed by atoms with E-state index in [0.29, 0.717) is 28.9 Å². The molecule has 2 aromatic heterocycles. The average Bonchev–Trinajstić information content (AvgIpc) is 2.82. The number of aryl methyl sites for hydroxylation is 2. The molecule has 2 N–H and O–H groups in total. The van der Waals surface area contributed by atoms with E-state index in [1.807, 2.05) is 6.92 Å². The number of nitrogens with one attached hydrogen (secondary N) is 2. The van der Waals surface area contributed by atoms with Crippen LogP contribution in [0.4, 0.5) is 0 Å². The molecule has 0 aromatic carbocycles. The van der Waals surface area contributed by atoms with Crippen molar-refractivity contribution in [2.24, 2.45) is 0 Å². The maximum absolute atomic E-state index is 12.7. The molecule has 1 unspecified atom stereocenters. The SMILES string of the molecule is CCCC(CNC(=O)c1ccc(C(=O)OCC)c(C)n1)NC(=O)c1ccc(C(=O)OCC)c(C)n1. The Morgan fingerprint density at radius 1 is 0.800 bits per heavy atom. The minimum atomic E-state index is -0.491. The summed E-state index contributed by atoms with van der Waals surface area (Å²) in [6.45, 7) is 9.33. The van der Waals surface area contributed by atoms with Gasteiger partial charge in [0, 0.05) is 12.6 Å². The van der Waals surface area contributed by atoms with Crippen LogP contribution in [0.2, 0.25) is 0 Å². The molecule has 1 atom stereocenters. The van der Waals surface area contributed by atoms with Crippen LogP contribution < -0.4 is 10.6 Å². The predicted octanol–water partition coefficient (Wildman–Crippen LogP) is 2.78. The summed E-state index contributed by atoms with van der Waals surface area (Å²) in [5.41, 5.74) is 1.71. The van der Waals surface area contributed by atoms with Gasteiger partial charge in [-0.1, -0.05) is 13.3 Å². The van der Waals surface area contributed by atoms with Crippen molar-refractivity contribution in [1.82, 2.24) is 20.6 Å². The van der Waals surface area contributed by atoms with Gasteiger partial charge in [0.2, 0.25) is 0 Å². The van der Waals surface area contributed by atoms with Gasteiger partial charge in [0.15, 0.2) is 0 Å². The lowest BCUT2D eigenvalue weighted by Gasteiger charge is -2.19. The number of amides is 2. The quantitative estimate of drug-likeness (QED) is 0.465. The molecule has 0 aliphatic heterocycles. The lowest BCUT2D eigenvalue weighted by Crippen LogP contribution is -2.44. The normalized spacial score (nSPS) is 11.3. The zero-order valence-electron chi connectivity index (χ0n) is 20.8. The number of hydrogen-bond acceptors (Lipinski definition) is 8. The Balaban J connectivity index is 2.03. The number of carbonyl (C=O) groups excluding carboxylic acids is 4. The minimum absolute atomic E-state index is 0.156.